The summed E-state index contributed by atoms with van der Waals surface area (Å²) in [5.74, 6) is -0.256. The Balaban J connectivity index is 1.56. The zero-order valence-electron chi connectivity index (χ0n) is 20.0. The summed E-state index contributed by atoms with van der Waals surface area (Å²) in [6, 6.07) is 31.7. The van der Waals surface area contributed by atoms with Gasteiger partial charge in [-0.15, -0.1) is 0 Å². The van der Waals surface area contributed by atoms with Gasteiger partial charge in [0.2, 0.25) is 0 Å². The fraction of sp³-hybridized carbons (Fsp3) is 0.0323. The third-order valence-corrected chi connectivity index (χ3v) is 7.31. The predicted octanol–water partition coefficient (Wildman–Crippen LogP) is 7.35. The lowest BCUT2D eigenvalue weighted by molar-refractivity contribution is 0.0672. The number of nitrogens with one attached hydrogen (secondary N) is 2. The average Bonchev–Trinajstić information content (AvgIpc) is 3.38. The van der Waals surface area contributed by atoms with Crippen LogP contribution in [0.1, 0.15) is 27.5 Å². The molecule has 1 aliphatic rings. The number of H-pyrrole nitrogens is 1. The Hall–Kier alpha value is -4.13. The summed E-state index contributed by atoms with van der Waals surface area (Å²) >= 11 is 9.78. The van der Waals surface area contributed by atoms with Crippen LogP contribution in [0.3, 0.4) is 0 Å². The normalized spacial score (nSPS) is 14.8. The molecule has 0 aliphatic carbocycles. The molecular formula is C31H21BrClN3O2. The third-order valence-electron chi connectivity index (χ3n) is 6.58. The number of pyridine rings is 1. The second kappa shape index (κ2) is 9.97. The maximum Gasteiger partial charge on any atom is 0.273 e. The Morgan fingerprint density at radius 1 is 0.842 bits per heavy atom. The first-order valence-electron chi connectivity index (χ1n) is 12.0. The van der Waals surface area contributed by atoms with Crippen LogP contribution < -0.4 is 11.0 Å². The van der Waals surface area contributed by atoms with E-state index in [9.17, 15) is 9.59 Å². The summed E-state index contributed by atoms with van der Waals surface area (Å²) in [7, 11) is 0. The van der Waals surface area contributed by atoms with E-state index in [0.717, 1.165) is 32.1 Å². The Morgan fingerprint density at radius 2 is 1.58 bits per heavy atom. The number of hydrogen-bond acceptors (Lipinski definition) is 3. The summed E-state index contributed by atoms with van der Waals surface area (Å²) in [6.07, 6.45) is 1.93. The highest BCUT2D eigenvalue weighted by Crippen LogP contribution is 2.38. The molecule has 7 heteroatoms. The van der Waals surface area contributed by atoms with Crippen molar-refractivity contribution in [2.45, 2.75) is 6.04 Å². The van der Waals surface area contributed by atoms with E-state index < -0.39 is 6.04 Å². The molecule has 6 rings (SSSR count). The number of hydrazine groups is 1. The molecule has 1 aromatic heterocycles. The Morgan fingerprint density at radius 3 is 2.32 bits per heavy atom. The molecule has 186 valence electrons. The van der Waals surface area contributed by atoms with Crippen molar-refractivity contribution in [2.75, 3.05) is 0 Å². The molecule has 1 atom stereocenters. The number of fused-ring (bicyclic) bond motifs is 1. The molecule has 4 aromatic carbocycles. The highest BCUT2D eigenvalue weighted by molar-refractivity contribution is 9.10. The molecule has 5 nitrogen and oxygen atoms in total. The van der Waals surface area contributed by atoms with Crippen molar-refractivity contribution in [2.24, 2.45) is 0 Å². The van der Waals surface area contributed by atoms with Crippen molar-refractivity contribution in [3.63, 3.8) is 0 Å². The van der Waals surface area contributed by atoms with Crippen LogP contribution in [0.15, 0.2) is 118 Å². The quantitative estimate of drug-likeness (QED) is 0.233. The van der Waals surface area contributed by atoms with E-state index in [0.29, 0.717) is 21.8 Å². The number of benzene rings is 4. The molecule has 0 fully saturated rings. The van der Waals surface area contributed by atoms with E-state index in [4.69, 9.17) is 11.6 Å². The molecule has 1 amide bonds. The molecule has 1 aliphatic heterocycles. The molecule has 0 spiro atoms. The standard InChI is InChI=1S/C31H21BrClN3O2/c32-22-14-15-25-24(17-22)28(20-10-5-2-6-11-20)29(30(37)34-25)26-18-27(19-8-3-1-4-9-19)36(35-26)31(38)21-12-7-13-23(33)16-21/h1-18,27,35H,(H,34,37)/t27-/m0/s1. The van der Waals surface area contributed by atoms with E-state index in [-0.39, 0.29) is 11.5 Å². The van der Waals surface area contributed by atoms with E-state index >= 15 is 0 Å². The highest BCUT2D eigenvalue weighted by Gasteiger charge is 2.33. The maximum absolute atomic E-state index is 13.7. The number of rotatable bonds is 4. The molecule has 38 heavy (non-hydrogen) atoms. The van der Waals surface area contributed by atoms with Crippen molar-refractivity contribution in [3.05, 3.63) is 146 Å². The predicted molar refractivity (Wildman–Crippen MR) is 156 cm³/mol. The number of halogens is 2. The van der Waals surface area contributed by atoms with Crippen molar-refractivity contribution in [3.8, 4) is 11.1 Å². The molecule has 0 unspecified atom stereocenters. The first-order chi connectivity index (χ1) is 18.5. The van der Waals surface area contributed by atoms with E-state index in [1.165, 1.54) is 0 Å². The van der Waals surface area contributed by atoms with Crippen LogP contribution in [0, 0.1) is 0 Å². The molecule has 5 aromatic rings. The second-order valence-electron chi connectivity index (χ2n) is 8.99. The van der Waals surface area contributed by atoms with E-state index in [2.05, 4.69) is 26.3 Å². The molecule has 0 saturated carbocycles. The van der Waals surface area contributed by atoms with Crippen LogP contribution in [0.2, 0.25) is 5.02 Å². The third kappa shape index (κ3) is 4.42. The van der Waals surface area contributed by atoms with Crippen LogP contribution in [-0.4, -0.2) is 15.9 Å². The fourth-order valence-electron chi connectivity index (χ4n) is 4.87. The van der Waals surface area contributed by atoms with E-state index in [1.54, 1.807) is 29.3 Å². The van der Waals surface area contributed by atoms with Gasteiger partial charge >= 0.3 is 0 Å². The van der Waals surface area contributed by atoms with Gasteiger partial charge in [-0.1, -0.05) is 94.3 Å². The maximum atomic E-state index is 13.7. The summed E-state index contributed by atoms with van der Waals surface area (Å²) in [6.45, 7) is 0. The highest BCUT2D eigenvalue weighted by atomic mass is 79.9. The first-order valence-corrected chi connectivity index (χ1v) is 13.2. The summed E-state index contributed by atoms with van der Waals surface area (Å²) < 4.78 is 0.897. The van der Waals surface area contributed by atoms with Gasteiger partial charge in [0, 0.05) is 31.5 Å². The van der Waals surface area contributed by atoms with Crippen molar-refractivity contribution in [1.82, 2.24) is 15.4 Å². The molecule has 0 saturated heterocycles. The van der Waals surface area contributed by atoms with Gasteiger partial charge in [0.25, 0.3) is 11.5 Å². The van der Waals surface area contributed by atoms with Gasteiger partial charge in [-0.25, -0.2) is 5.01 Å². The van der Waals surface area contributed by atoms with Crippen LogP contribution >= 0.6 is 27.5 Å². The lowest BCUT2D eigenvalue weighted by Crippen LogP contribution is -2.40. The minimum Gasteiger partial charge on any atom is -0.321 e. The van der Waals surface area contributed by atoms with Crippen LogP contribution in [0.4, 0.5) is 0 Å². The molecule has 2 N–H and O–H groups in total. The van der Waals surface area contributed by atoms with Gasteiger partial charge < -0.3 is 4.98 Å². The number of hydrogen-bond donors (Lipinski definition) is 2. The van der Waals surface area contributed by atoms with Crippen molar-refractivity contribution < 1.29 is 4.79 Å². The number of aromatic amines is 1. The number of amides is 1. The van der Waals surface area contributed by atoms with Crippen molar-refractivity contribution in [1.29, 1.82) is 0 Å². The first kappa shape index (κ1) is 24.2. The molecule has 0 radical (unpaired) electrons. The van der Waals surface area contributed by atoms with Crippen molar-refractivity contribution >= 4 is 50.0 Å². The summed E-state index contributed by atoms with van der Waals surface area (Å²) in [5, 5.41) is 2.91. The lowest BCUT2D eigenvalue weighted by Gasteiger charge is -2.26. The zero-order chi connectivity index (χ0) is 26.2. The Kier molecular flexibility index (Phi) is 6.35. The summed E-state index contributed by atoms with van der Waals surface area (Å²) in [4.78, 5) is 30.4. The minimum atomic E-state index is -0.445. The Labute approximate surface area is 232 Å². The molecule has 2 heterocycles. The second-order valence-corrected chi connectivity index (χ2v) is 10.3. The number of nitrogens with zero attached hydrogens (tertiary/aromatic N) is 1. The van der Waals surface area contributed by atoms with Crippen LogP contribution in [0.25, 0.3) is 27.7 Å². The molecule has 0 bridgehead atoms. The van der Waals surface area contributed by atoms with Gasteiger partial charge in [-0.2, -0.15) is 0 Å². The van der Waals surface area contributed by atoms with Gasteiger partial charge in [0.1, 0.15) is 0 Å². The minimum absolute atomic E-state index is 0.249. The Bertz CT molecular complexity index is 1770. The number of carbonyl (C=O) groups excluding carboxylic acids is 1. The number of aromatic nitrogens is 1. The van der Waals surface area contributed by atoms with Gasteiger partial charge in [0.05, 0.1) is 17.3 Å². The van der Waals surface area contributed by atoms with Gasteiger partial charge in [0.15, 0.2) is 0 Å². The average molecular weight is 583 g/mol. The summed E-state index contributed by atoms with van der Waals surface area (Å²) in [5.41, 5.74) is 7.80. The lowest BCUT2D eigenvalue weighted by atomic mass is 9.94. The SMILES string of the molecule is O=C(c1cccc(Cl)c1)N1NC(c2c(-c3ccccc3)c3cc(Br)ccc3[nH]c2=O)=C[C@H]1c1ccccc1. The van der Waals surface area contributed by atoms with E-state index in [1.807, 2.05) is 84.9 Å². The largest absolute Gasteiger partial charge is 0.321 e. The van der Waals surface area contributed by atoms with Crippen LogP contribution in [0.5, 0.6) is 0 Å². The van der Waals surface area contributed by atoms with Crippen LogP contribution in [-0.2, 0) is 0 Å². The smallest absolute Gasteiger partial charge is 0.273 e. The molecular weight excluding hydrogens is 562 g/mol. The monoisotopic (exact) mass is 581 g/mol. The number of carbonyl (C=O) groups is 1. The fourth-order valence-corrected chi connectivity index (χ4v) is 5.42. The zero-order valence-corrected chi connectivity index (χ0v) is 22.3. The van der Waals surface area contributed by atoms with Gasteiger partial charge in [-0.3, -0.25) is 15.0 Å². The van der Waals surface area contributed by atoms with Gasteiger partial charge in [-0.05, 0) is 53.6 Å². The topological polar surface area (TPSA) is 65.2 Å².